The third-order valence-corrected chi connectivity index (χ3v) is 5.04. The highest BCUT2D eigenvalue weighted by molar-refractivity contribution is 7.80. The molecule has 0 aliphatic heterocycles. The monoisotopic (exact) mass is 431 g/mol. The minimum Gasteiger partial charge on any atom is -0.497 e. The Morgan fingerprint density at radius 2 is 1.81 bits per heavy atom. The summed E-state index contributed by atoms with van der Waals surface area (Å²) in [5, 5.41) is 5.94. The van der Waals surface area contributed by atoms with E-state index in [1.807, 2.05) is 54.6 Å². The summed E-state index contributed by atoms with van der Waals surface area (Å²) in [4.78, 5) is 16.9. The van der Waals surface area contributed by atoms with E-state index in [1.165, 1.54) is 5.56 Å². The Morgan fingerprint density at radius 1 is 1.06 bits per heavy atom. The molecule has 1 aromatic heterocycles. The third kappa shape index (κ3) is 4.73. The number of aromatic nitrogens is 1. The molecule has 0 fully saturated rings. The van der Waals surface area contributed by atoms with Gasteiger partial charge in [-0.3, -0.25) is 10.1 Å². The Kier molecular flexibility index (Phi) is 5.95. The molecule has 0 atom stereocenters. The van der Waals surface area contributed by atoms with Gasteiger partial charge in [0.2, 0.25) is 5.89 Å². The first-order valence-corrected chi connectivity index (χ1v) is 10.2. The topological polar surface area (TPSA) is 76.4 Å². The predicted molar refractivity (Wildman–Crippen MR) is 126 cm³/mol. The fourth-order valence-electron chi connectivity index (χ4n) is 3.08. The van der Waals surface area contributed by atoms with Crippen molar-refractivity contribution < 1.29 is 13.9 Å². The molecule has 0 bridgehead atoms. The lowest BCUT2D eigenvalue weighted by Crippen LogP contribution is -2.34. The average molecular weight is 432 g/mol. The molecule has 4 rings (SSSR count). The largest absolute Gasteiger partial charge is 0.497 e. The van der Waals surface area contributed by atoms with E-state index in [2.05, 4.69) is 22.5 Å². The molecule has 31 heavy (non-hydrogen) atoms. The van der Waals surface area contributed by atoms with Crippen LogP contribution in [0.5, 0.6) is 5.75 Å². The summed E-state index contributed by atoms with van der Waals surface area (Å²) in [7, 11) is 1.61. The molecule has 0 unspecified atom stereocenters. The molecule has 1 amide bonds. The number of methoxy groups -OCH3 is 1. The van der Waals surface area contributed by atoms with Crippen molar-refractivity contribution in [3.05, 3.63) is 77.9 Å². The van der Waals surface area contributed by atoms with Crippen molar-refractivity contribution >= 4 is 40.0 Å². The van der Waals surface area contributed by atoms with Crippen molar-refractivity contribution in [3.63, 3.8) is 0 Å². The molecule has 4 aromatic rings. The number of carbonyl (C=O) groups excluding carboxylic acids is 1. The number of ether oxygens (including phenoxy) is 1. The molecule has 3 aromatic carbocycles. The van der Waals surface area contributed by atoms with E-state index in [4.69, 9.17) is 21.4 Å². The zero-order valence-corrected chi connectivity index (χ0v) is 18.0. The highest BCUT2D eigenvalue weighted by Crippen LogP contribution is 2.27. The first-order chi connectivity index (χ1) is 15.1. The van der Waals surface area contributed by atoms with Crippen LogP contribution < -0.4 is 15.4 Å². The second-order valence-electron chi connectivity index (χ2n) is 6.89. The van der Waals surface area contributed by atoms with E-state index in [0.29, 0.717) is 17.0 Å². The summed E-state index contributed by atoms with van der Waals surface area (Å²) in [6.45, 7) is 2.07. The van der Waals surface area contributed by atoms with Gasteiger partial charge in [0.15, 0.2) is 10.7 Å². The molecule has 1 heterocycles. The number of nitrogens with zero attached hydrogens (tertiary/aromatic N) is 1. The van der Waals surface area contributed by atoms with E-state index in [-0.39, 0.29) is 11.0 Å². The summed E-state index contributed by atoms with van der Waals surface area (Å²) in [5.41, 5.74) is 4.72. The number of rotatable bonds is 5. The molecular formula is C24H21N3O3S. The van der Waals surface area contributed by atoms with Crippen LogP contribution in [-0.4, -0.2) is 23.1 Å². The summed E-state index contributed by atoms with van der Waals surface area (Å²) in [6.07, 6.45) is 0.926. The molecule has 2 N–H and O–H groups in total. The number of hydrogen-bond acceptors (Lipinski definition) is 5. The van der Waals surface area contributed by atoms with Crippen LogP contribution in [0.4, 0.5) is 5.69 Å². The second-order valence-corrected chi connectivity index (χ2v) is 7.30. The van der Waals surface area contributed by atoms with Gasteiger partial charge in [0.1, 0.15) is 11.3 Å². The maximum absolute atomic E-state index is 12.3. The number of nitrogens with one attached hydrogen (secondary N) is 2. The minimum absolute atomic E-state index is 0.228. The highest BCUT2D eigenvalue weighted by Gasteiger charge is 2.11. The van der Waals surface area contributed by atoms with Crippen molar-refractivity contribution in [1.82, 2.24) is 10.3 Å². The number of hydrogen-bond donors (Lipinski definition) is 2. The molecule has 7 heteroatoms. The SMILES string of the molecule is CCc1ccc(C(=O)NC(=S)Nc2ccc(-c3nc4cc(OC)ccc4o3)cc2)cc1. The molecule has 0 saturated heterocycles. The van der Waals surface area contributed by atoms with Crippen molar-refractivity contribution in [3.8, 4) is 17.2 Å². The van der Waals surface area contributed by atoms with E-state index in [1.54, 1.807) is 19.2 Å². The van der Waals surface area contributed by atoms with Crippen molar-refractivity contribution in [2.24, 2.45) is 0 Å². The van der Waals surface area contributed by atoms with Crippen LogP contribution in [0.2, 0.25) is 0 Å². The second kappa shape index (κ2) is 8.97. The van der Waals surface area contributed by atoms with Gasteiger partial charge in [-0.1, -0.05) is 19.1 Å². The quantitative estimate of drug-likeness (QED) is 0.424. The minimum atomic E-state index is -0.251. The fraction of sp³-hybridized carbons (Fsp3) is 0.125. The zero-order chi connectivity index (χ0) is 21.8. The Bertz CT molecular complexity index is 1230. The van der Waals surface area contributed by atoms with Gasteiger partial charge in [-0.2, -0.15) is 0 Å². The summed E-state index contributed by atoms with van der Waals surface area (Å²) < 4.78 is 11.0. The van der Waals surface area contributed by atoms with Crippen molar-refractivity contribution in [1.29, 1.82) is 0 Å². The summed E-state index contributed by atoms with van der Waals surface area (Å²) >= 11 is 5.27. The van der Waals surface area contributed by atoms with Crippen LogP contribution in [0.1, 0.15) is 22.8 Å². The third-order valence-electron chi connectivity index (χ3n) is 4.84. The first kappa shape index (κ1) is 20.6. The van der Waals surface area contributed by atoms with Crippen LogP contribution in [0.3, 0.4) is 0 Å². The van der Waals surface area contributed by atoms with Crippen LogP contribution in [0.25, 0.3) is 22.6 Å². The van der Waals surface area contributed by atoms with Crippen LogP contribution >= 0.6 is 12.2 Å². The van der Waals surface area contributed by atoms with Gasteiger partial charge in [-0.05, 0) is 72.7 Å². The highest BCUT2D eigenvalue weighted by atomic mass is 32.1. The number of anilines is 1. The standard InChI is InChI=1S/C24H21N3O3S/c1-3-15-4-6-16(7-5-15)22(28)27-24(31)25-18-10-8-17(9-11-18)23-26-20-14-19(29-2)12-13-21(20)30-23/h4-14H,3H2,1-2H3,(H2,25,27,28,31). The van der Waals surface area contributed by atoms with Crippen molar-refractivity contribution in [2.45, 2.75) is 13.3 Å². The lowest BCUT2D eigenvalue weighted by molar-refractivity contribution is 0.0977. The summed E-state index contributed by atoms with van der Waals surface area (Å²) in [5.74, 6) is 0.989. The number of thiocarbonyl (C=S) groups is 1. The van der Waals surface area contributed by atoms with Gasteiger partial charge in [0, 0.05) is 22.9 Å². The Balaban J connectivity index is 1.41. The van der Waals surface area contributed by atoms with Gasteiger partial charge in [-0.15, -0.1) is 0 Å². The Hall–Kier alpha value is -3.71. The molecular weight excluding hydrogens is 410 g/mol. The molecule has 0 saturated carbocycles. The molecule has 6 nitrogen and oxygen atoms in total. The lowest BCUT2D eigenvalue weighted by atomic mass is 10.1. The smallest absolute Gasteiger partial charge is 0.257 e. The van der Waals surface area contributed by atoms with E-state index >= 15 is 0 Å². The van der Waals surface area contributed by atoms with Gasteiger partial charge >= 0.3 is 0 Å². The van der Waals surface area contributed by atoms with Gasteiger partial charge in [0.25, 0.3) is 5.91 Å². The van der Waals surface area contributed by atoms with Gasteiger partial charge in [0.05, 0.1) is 7.11 Å². The van der Waals surface area contributed by atoms with E-state index < -0.39 is 0 Å². The van der Waals surface area contributed by atoms with E-state index in [9.17, 15) is 4.79 Å². The summed E-state index contributed by atoms with van der Waals surface area (Å²) in [6, 6.07) is 20.4. The average Bonchev–Trinajstić information content (AvgIpc) is 3.22. The Morgan fingerprint density at radius 3 is 2.48 bits per heavy atom. The van der Waals surface area contributed by atoms with Crippen LogP contribution in [0, 0.1) is 0 Å². The number of carbonyl (C=O) groups is 1. The predicted octanol–water partition coefficient (Wildman–Crippen LogP) is 5.19. The van der Waals surface area contributed by atoms with Crippen LogP contribution in [0.15, 0.2) is 71.1 Å². The number of aryl methyl sites for hydroxylation is 1. The zero-order valence-electron chi connectivity index (χ0n) is 17.1. The van der Waals surface area contributed by atoms with Crippen LogP contribution in [-0.2, 0) is 6.42 Å². The Labute approximate surface area is 185 Å². The van der Waals surface area contributed by atoms with Gasteiger partial charge < -0.3 is 14.5 Å². The molecule has 0 radical (unpaired) electrons. The van der Waals surface area contributed by atoms with E-state index in [0.717, 1.165) is 28.9 Å². The number of amides is 1. The maximum Gasteiger partial charge on any atom is 0.257 e. The normalized spacial score (nSPS) is 10.6. The maximum atomic E-state index is 12.3. The fourth-order valence-corrected chi connectivity index (χ4v) is 3.29. The molecule has 0 aliphatic carbocycles. The lowest BCUT2D eigenvalue weighted by Gasteiger charge is -2.10. The molecule has 0 aliphatic rings. The molecule has 156 valence electrons. The molecule has 0 spiro atoms. The number of benzene rings is 3. The first-order valence-electron chi connectivity index (χ1n) is 9.82. The number of fused-ring (bicyclic) bond motifs is 1. The van der Waals surface area contributed by atoms with Crippen molar-refractivity contribution in [2.75, 3.05) is 12.4 Å². The van der Waals surface area contributed by atoms with Gasteiger partial charge in [-0.25, -0.2) is 4.98 Å². The number of oxazole rings is 1.